The molecule has 6 N–H and O–H groups in total. The lowest BCUT2D eigenvalue weighted by molar-refractivity contribution is 0.123. The van der Waals surface area contributed by atoms with Crippen LogP contribution in [-0.4, -0.2) is 45.2 Å². The first kappa shape index (κ1) is 14.5. The lowest BCUT2D eigenvalue weighted by Gasteiger charge is -2.28. The molecule has 10 nitrogen and oxygen atoms in total. The van der Waals surface area contributed by atoms with Gasteiger partial charge in [-0.15, -0.1) is 0 Å². The van der Waals surface area contributed by atoms with Crippen LogP contribution in [0.3, 0.4) is 0 Å². The highest BCUT2D eigenvalue weighted by Crippen LogP contribution is 2.69. The molecule has 17 heavy (non-hydrogen) atoms. The van der Waals surface area contributed by atoms with Crippen LogP contribution in [0.1, 0.15) is 12.1 Å². The van der Waals surface area contributed by atoms with E-state index in [2.05, 4.69) is 15.4 Å². The number of hydrogen-bond donors (Lipinski definition) is 6. The van der Waals surface area contributed by atoms with Gasteiger partial charge >= 0.3 is 15.2 Å². The molecule has 1 rings (SSSR count). The van der Waals surface area contributed by atoms with E-state index in [0.717, 1.165) is 0 Å². The maximum Gasteiger partial charge on any atom is 0.369 e. The standard InChI is InChI=1S/C5H11N3O7P2/c9-5(16(10,11)12,17(13,14)15)2-1-4-3-6-8-7-4/h3,9H,1-2H2,(H,6,7,8)(H2,10,11,12)(H2,13,14,15). The van der Waals surface area contributed by atoms with Crippen LogP contribution in [0.4, 0.5) is 0 Å². The Morgan fingerprint density at radius 3 is 2.12 bits per heavy atom. The molecule has 0 radical (unpaired) electrons. The average Bonchev–Trinajstić information content (AvgIpc) is 2.62. The molecule has 1 aromatic rings. The summed E-state index contributed by atoms with van der Waals surface area (Å²) in [6, 6.07) is 0. The summed E-state index contributed by atoms with van der Waals surface area (Å²) in [7, 11) is -10.8. The number of aromatic nitrogens is 3. The van der Waals surface area contributed by atoms with Gasteiger partial charge in [0.25, 0.3) is 5.08 Å². The van der Waals surface area contributed by atoms with E-state index < -0.39 is 26.7 Å². The molecule has 0 aromatic carbocycles. The van der Waals surface area contributed by atoms with Gasteiger partial charge in [-0.2, -0.15) is 15.4 Å². The van der Waals surface area contributed by atoms with Crippen LogP contribution in [0.5, 0.6) is 0 Å². The second kappa shape index (κ2) is 4.58. The van der Waals surface area contributed by atoms with Crippen LogP contribution in [-0.2, 0) is 15.6 Å². The summed E-state index contributed by atoms with van der Waals surface area (Å²) in [5, 5.41) is 15.2. The van der Waals surface area contributed by atoms with E-state index in [1.54, 1.807) is 0 Å². The van der Waals surface area contributed by atoms with Crippen molar-refractivity contribution in [3.8, 4) is 0 Å². The van der Waals surface area contributed by atoms with Crippen molar-refractivity contribution in [2.75, 3.05) is 0 Å². The first-order valence-electron chi connectivity index (χ1n) is 4.26. The van der Waals surface area contributed by atoms with E-state index in [1.165, 1.54) is 6.20 Å². The van der Waals surface area contributed by atoms with Crippen molar-refractivity contribution in [2.45, 2.75) is 17.9 Å². The largest absolute Gasteiger partial charge is 0.369 e. The lowest BCUT2D eigenvalue weighted by atomic mass is 10.2. The van der Waals surface area contributed by atoms with Crippen LogP contribution < -0.4 is 0 Å². The van der Waals surface area contributed by atoms with Gasteiger partial charge < -0.3 is 24.7 Å². The maximum absolute atomic E-state index is 11.0. The lowest BCUT2D eigenvalue weighted by Crippen LogP contribution is -2.29. The molecule has 0 aliphatic heterocycles. The van der Waals surface area contributed by atoms with Crippen LogP contribution in [0.2, 0.25) is 0 Å². The minimum Gasteiger partial charge on any atom is -0.368 e. The fourth-order valence-corrected chi connectivity index (χ4v) is 3.27. The Balaban J connectivity index is 2.94. The number of nitrogens with zero attached hydrogens (tertiary/aromatic N) is 2. The van der Waals surface area contributed by atoms with E-state index in [1.807, 2.05) is 0 Å². The number of rotatable bonds is 5. The fourth-order valence-electron chi connectivity index (χ4n) is 1.10. The Morgan fingerprint density at radius 1 is 1.24 bits per heavy atom. The molecule has 1 aromatic heterocycles. The third kappa shape index (κ3) is 2.99. The molecule has 98 valence electrons. The molecular formula is C5H11N3O7P2. The number of nitrogens with one attached hydrogen (secondary N) is 1. The Morgan fingerprint density at radius 2 is 1.76 bits per heavy atom. The summed E-state index contributed by atoms with van der Waals surface area (Å²) in [6.07, 6.45) is 0.122. The van der Waals surface area contributed by atoms with Crippen molar-refractivity contribution in [1.29, 1.82) is 0 Å². The van der Waals surface area contributed by atoms with Gasteiger partial charge in [-0.05, 0) is 6.42 Å². The van der Waals surface area contributed by atoms with Crippen molar-refractivity contribution in [3.63, 3.8) is 0 Å². The summed E-state index contributed by atoms with van der Waals surface area (Å²) >= 11 is 0. The monoisotopic (exact) mass is 287 g/mol. The van der Waals surface area contributed by atoms with E-state index in [9.17, 15) is 14.2 Å². The second-order valence-corrected chi connectivity index (χ2v) is 7.33. The predicted molar refractivity (Wildman–Crippen MR) is 53.7 cm³/mol. The SMILES string of the molecule is O=P(O)(O)C(O)(CCc1cn[nH]n1)P(=O)(O)O. The van der Waals surface area contributed by atoms with Gasteiger partial charge in [0, 0.05) is 6.42 Å². The number of aromatic amines is 1. The van der Waals surface area contributed by atoms with Crippen molar-refractivity contribution < 1.29 is 33.8 Å². The fraction of sp³-hybridized carbons (Fsp3) is 0.600. The third-order valence-electron chi connectivity index (χ3n) is 2.11. The first-order chi connectivity index (χ1) is 7.58. The molecule has 0 aliphatic carbocycles. The van der Waals surface area contributed by atoms with Gasteiger partial charge in [0.1, 0.15) is 0 Å². The minimum atomic E-state index is -5.39. The van der Waals surface area contributed by atoms with E-state index >= 15 is 0 Å². The van der Waals surface area contributed by atoms with Crippen molar-refractivity contribution in [2.24, 2.45) is 0 Å². The van der Waals surface area contributed by atoms with E-state index in [0.29, 0.717) is 0 Å². The van der Waals surface area contributed by atoms with Crippen LogP contribution >= 0.6 is 15.2 Å². The summed E-state index contributed by atoms with van der Waals surface area (Å²) in [5.41, 5.74) is 0.213. The van der Waals surface area contributed by atoms with Gasteiger partial charge in [0.05, 0.1) is 11.9 Å². The molecule has 1 heterocycles. The zero-order chi connectivity index (χ0) is 13.3. The quantitative estimate of drug-likeness (QED) is 0.360. The van der Waals surface area contributed by atoms with Crippen LogP contribution in [0, 0.1) is 0 Å². The Labute approximate surface area is 95.0 Å². The highest BCUT2D eigenvalue weighted by atomic mass is 31.2. The maximum atomic E-state index is 11.0. The van der Waals surface area contributed by atoms with Gasteiger partial charge in [-0.3, -0.25) is 9.13 Å². The topological polar surface area (TPSA) is 177 Å². The number of aliphatic hydroxyl groups is 1. The molecule has 0 saturated heterocycles. The predicted octanol–water partition coefficient (Wildman–Crippen LogP) is -1.26. The van der Waals surface area contributed by atoms with Crippen molar-refractivity contribution >= 4 is 15.2 Å². The summed E-state index contributed by atoms with van der Waals surface area (Å²) in [4.78, 5) is 35.3. The van der Waals surface area contributed by atoms with E-state index in [-0.39, 0.29) is 12.1 Å². The molecule has 0 fully saturated rings. The summed E-state index contributed by atoms with van der Waals surface area (Å²) < 4.78 is 21.9. The third-order valence-corrected chi connectivity index (χ3v) is 5.99. The molecule has 0 aliphatic rings. The second-order valence-electron chi connectivity index (χ2n) is 3.32. The number of aryl methyl sites for hydroxylation is 1. The zero-order valence-electron chi connectivity index (χ0n) is 8.33. The van der Waals surface area contributed by atoms with Gasteiger partial charge in [-0.25, -0.2) is 0 Å². The summed E-state index contributed by atoms with van der Waals surface area (Å²) in [5.74, 6) is 0. The molecule has 0 unspecified atom stereocenters. The number of hydrogen-bond acceptors (Lipinski definition) is 5. The van der Waals surface area contributed by atoms with Gasteiger partial charge in [0.2, 0.25) is 0 Å². The molecular weight excluding hydrogens is 276 g/mol. The first-order valence-corrected chi connectivity index (χ1v) is 7.49. The highest BCUT2D eigenvalue weighted by Gasteiger charge is 2.58. The average molecular weight is 287 g/mol. The normalized spacial score (nSPS) is 13.9. The molecule has 12 heteroatoms. The zero-order valence-corrected chi connectivity index (χ0v) is 10.1. The van der Waals surface area contributed by atoms with Gasteiger partial charge in [-0.1, -0.05) is 0 Å². The highest BCUT2D eigenvalue weighted by molar-refractivity contribution is 7.72. The Kier molecular flexibility index (Phi) is 3.90. The molecule has 0 saturated carbocycles. The molecule has 0 amide bonds. The molecule has 0 spiro atoms. The van der Waals surface area contributed by atoms with E-state index in [4.69, 9.17) is 19.6 Å². The smallest absolute Gasteiger partial charge is 0.368 e. The number of H-pyrrole nitrogens is 1. The van der Waals surface area contributed by atoms with Crippen molar-refractivity contribution in [3.05, 3.63) is 11.9 Å². The van der Waals surface area contributed by atoms with Gasteiger partial charge in [0.15, 0.2) is 0 Å². The molecule has 0 bridgehead atoms. The minimum absolute atomic E-state index is 0.213. The summed E-state index contributed by atoms with van der Waals surface area (Å²) in [6.45, 7) is 0. The Bertz CT molecular complexity index is 440. The van der Waals surface area contributed by atoms with Crippen LogP contribution in [0.15, 0.2) is 6.20 Å². The Hall–Kier alpha value is -0.600. The van der Waals surface area contributed by atoms with Crippen LogP contribution in [0.25, 0.3) is 0 Å². The van der Waals surface area contributed by atoms with Crippen molar-refractivity contribution in [1.82, 2.24) is 15.4 Å². The molecule has 0 atom stereocenters.